The molecule has 1 atom stereocenters. The Hall–Kier alpha value is -2.18. The summed E-state index contributed by atoms with van der Waals surface area (Å²) in [5, 5.41) is 9.25. The average Bonchev–Trinajstić information content (AvgIpc) is 3.27. The van der Waals surface area contributed by atoms with Gasteiger partial charge in [0.15, 0.2) is 0 Å². The Bertz CT molecular complexity index is 600. The minimum atomic E-state index is -0.982. The number of likely N-dealkylation sites (tertiary alicyclic amines) is 2. The predicted octanol–water partition coefficient (Wildman–Crippen LogP) is 0.502. The molecule has 26 heavy (non-hydrogen) atoms. The molecule has 0 aliphatic carbocycles. The van der Waals surface area contributed by atoms with Crippen LogP contribution in [0.3, 0.4) is 0 Å². The van der Waals surface area contributed by atoms with E-state index in [-0.39, 0.29) is 24.9 Å². The first-order chi connectivity index (χ1) is 12.5. The molecular formula is C18H27N3O5. The lowest BCUT2D eigenvalue weighted by Crippen LogP contribution is -2.48. The van der Waals surface area contributed by atoms with Crippen LogP contribution in [0.2, 0.25) is 0 Å². The van der Waals surface area contributed by atoms with Gasteiger partial charge < -0.3 is 14.9 Å². The summed E-state index contributed by atoms with van der Waals surface area (Å²) in [4.78, 5) is 52.0. The first-order valence-corrected chi connectivity index (χ1v) is 9.26. The molecule has 0 radical (unpaired) electrons. The summed E-state index contributed by atoms with van der Waals surface area (Å²) >= 11 is 0. The maximum atomic E-state index is 12.6. The second kappa shape index (κ2) is 9.50. The quantitative estimate of drug-likeness (QED) is 0.629. The molecule has 2 rings (SSSR count). The predicted molar refractivity (Wildman–Crippen MR) is 93.9 cm³/mol. The second-order valence-corrected chi connectivity index (χ2v) is 6.85. The fourth-order valence-corrected chi connectivity index (χ4v) is 3.53. The van der Waals surface area contributed by atoms with E-state index in [1.54, 1.807) is 4.90 Å². The van der Waals surface area contributed by atoms with E-state index in [0.29, 0.717) is 44.6 Å². The van der Waals surface area contributed by atoms with Crippen LogP contribution in [0.5, 0.6) is 0 Å². The van der Waals surface area contributed by atoms with Crippen LogP contribution in [0.1, 0.15) is 45.4 Å². The Morgan fingerprint density at radius 2 is 1.92 bits per heavy atom. The van der Waals surface area contributed by atoms with Gasteiger partial charge in [-0.05, 0) is 32.2 Å². The first kappa shape index (κ1) is 20.1. The van der Waals surface area contributed by atoms with E-state index >= 15 is 0 Å². The zero-order chi connectivity index (χ0) is 19.1. The van der Waals surface area contributed by atoms with Crippen LogP contribution < -0.4 is 0 Å². The minimum absolute atomic E-state index is 0.0174. The van der Waals surface area contributed by atoms with Crippen molar-refractivity contribution in [2.45, 2.75) is 51.5 Å². The molecule has 0 unspecified atom stereocenters. The molecule has 2 aliphatic rings. The monoisotopic (exact) mass is 365 g/mol. The number of nitrogens with zero attached hydrogens (tertiary/aromatic N) is 3. The van der Waals surface area contributed by atoms with E-state index in [1.165, 1.54) is 9.80 Å². The van der Waals surface area contributed by atoms with Gasteiger partial charge in [-0.1, -0.05) is 13.3 Å². The van der Waals surface area contributed by atoms with E-state index in [2.05, 4.69) is 0 Å². The van der Waals surface area contributed by atoms with E-state index in [9.17, 15) is 24.3 Å². The van der Waals surface area contributed by atoms with Gasteiger partial charge in [0.1, 0.15) is 17.7 Å². The summed E-state index contributed by atoms with van der Waals surface area (Å²) < 4.78 is 0. The standard InChI is InChI=1S/C18H27N3O5/c1-2-3-8-19(11-16(23)20-9-4-6-14(20)13-22)12-17(24)21-10-5-7-15(21)18(25)26/h15H,2-12H2,1H3,(H,25,26)/t15-/m1/s1. The van der Waals surface area contributed by atoms with Crippen LogP contribution in [0.25, 0.3) is 0 Å². The van der Waals surface area contributed by atoms with Crippen molar-refractivity contribution >= 4 is 23.7 Å². The lowest BCUT2D eigenvalue weighted by molar-refractivity contribution is -0.149. The van der Waals surface area contributed by atoms with Crippen molar-refractivity contribution in [3.05, 3.63) is 5.70 Å². The molecule has 2 aliphatic heterocycles. The van der Waals surface area contributed by atoms with Crippen molar-refractivity contribution in [3.63, 3.8) is 0 Å². The Labute approximate surface area is 153 Å². The smallest absolute Gasteiger partial charge is 0.326 e. The molecule has 0 bridgehead atoms. The van der Waals surface area contributed by atoms with E-state index in [0.717, 1.165) is 19.3 Å². The van der Waals surface area contributed by atoms with E-state index in [1.807, 2.05) is 12.9 Å². The topological polar surface area (TPSA) is 98.2 Å². The SMILES string of the molecule is CCCCN(CC(=O)N1CCCC1=C=O)CC(=O)N1CCC[C@@H]1C(=O)O. The van der Waals surface area contributed by atoms with Gasteiger partial charge in [-0.25, -0.2) is 9.59 Å². The summed E-state index contributed by atoms with van der Waals surface area (Å²) in [7, 11) is 0. The third-order valence-corrected chi connectivity index (χ3v) is 4.94. The molecule has 2 heterocycles. The molecule has 0 aromatic rings. The summed E-state index contributed by atoms with van der Waals surface area (Å²) in [6, 6.07) is -0.769. The van der Waals surface area contributed by atoms with Gasteiger partial charge in [-0.3, -0.25) is 14.5 Å². The van der Waals surface area contributed by atoms with Crippen LogP contribution in [0.15, 0.2) is 5.70 Å². The third kappa shape index (κ3) is 4.93. The van der Waals surface area contributed by atoms with Crippen LogP contribution in [-0.2, 0) is 19.2 Å². The van der Waals surface area contributed by atoms with Crippen LogP contribution in [-0.4, -0.2) is 82.3 Å². The number of hydrogen-bond acceptors (Lipinski definition) is 5. The fourth-order valence-electron chi connectivity index (χ4n) is 3.53. The number of carbonyl (C=O) groups is 3. The Kier molecular flexibility index (Phi) is 7.36. The third-order valence-electron chi connectivity index (χ3n) is 4.94. The van der Waals surface area contributed by atoms with Gasteiger partial charge in [-0.2, -0.15) is 0 Å². The first-order valence-electron chi connectivity index (χ1n) is 9.26. The number of amides is 2. The van der Waals surface area contributed by atoms with Crippen molar-refractivity contribution < 1.29 is 24.3 Å². The fraction of sp³-hybridized carbons (Fsp3) is 0.722. The van der Waals surface area contributed by atoms with E-state index < -0.39 is 12.0 Å². The van der Waals surface area contributed by atoms with Crippen molar-refractivity contribution in [3.8, 4) is 0 Å². The molecule has 8 heteroatoms. The van der Waals surface area contributed by atoms with Crippen LogP contribution in [0, 0.1) is 0 Å². The maximum absolute atomic E-state index is 12.6. The minimum Gasteiger partial charge on any atom is -0.480 e. The maximum Gasteiger partial charge on any atom is 0.326 e. The highest BCUT2D eigenvalue weighted by Gasteiger charge is 2.35. The van der Waals surface area contributed by atoms with Crippen molar-refractivity contribution in [2.75, 3.05) is 32.7 Å². The van der Waals surface area contributed by atoms with E-state index in [4.69, 9.17) is 0 Å². The number of allylic oxidation sites excluding steroid dienone is 1. The molecule has 1 N–H and O–H groups in total. The zero-order valence-corrected chi connectivity index (χ0v) is 15.3. The zero-order valence-electron chi connectivity index (χ0n) is 15.3. The molecule has 2 amide bonds. The molecule has 0 aromatic heterocycles. The van der Waals surface area contributed by atoms with Gasteiger partial charge in [-0.15, -0.1) is 0 Å². The molecule has 0 saturated carbocycles. The Balaban J connectivity index is 2.00. The van der Waals surface area contributed by atoms with Crippen LogP contribution >= 0.6 is 0 Å². The number of carboxylic acids is 1. The van der Waals surface area contributed by atoms with Gasteiger partial charge in [0.25, 0.3) is 0 Å². The normalized spacial score (nSPS) is 19.9. The van der Waals surface area contributed by atoms with Gasteiger partial charge in [0.2, 0.25) is 11.8 Å². The highest BCUT2D eigenvalue weighted by molar-refractivity contribution is 5.86. The highest BCUT2D eigenvalue weighted by atomic mass is 16.4. The number of hydrogen-bond donors (Lipinski definition) is 1. The van der Waals surface area contributed by atoms with Crippen molar-refractivity contribution in [2.24, 2.45) is 0 Å². The molecule has 2 saturated heterocycles. The molecule has 2 fully saturated rings. The number of carbonyl (C=O) groups excluding carboxylic acids is 3. The van der Waals surface area contributed by atoms with Crippen LogP contribution in [0.4, 0.5) is 0 Å². The molecular weight excluding hydrogens is 338 g/mol. The Morgan fingerprint density at radius 3 is 2.58 bits per heavy atom. The number of carboxylic acid groups (broad SMARTS) is 1. The summed E-state index contributed by atoms with van der Waals surface area (Å²) in [6.07, 6.45) is 4.20. The largest absolute Gasteiger partial charge is 0.480 e. The van der Waals surface area contributed by atoms with Crippen molar-refractivity contribution in [1.29, 1.82) is 0 Å². The number of unbranched alkanes of at least 4 members (excludes halogenated alkanes) is 1. The summed E-state index contributed by atoms with van der Waals surface area (Å²) in [5.74, 6) is 0.381. The van der Waals surface area contributed by atoms with Crippen molar-refractivity contribution in [1.82, 2.24) is 14.7 Å². The molecule has 8 nitrogen and oxygen atoms in total. The average molecular weight is 365 g/mol. The van der Waals surface area contributed by atoms with Gasteiger partial charge >= 0.3 is 5.97 Å². The number of rotatable bonds is 8. The van der Waals surface area contributed by atoms with Gasteiger partial charge in [0.05, 0.1) is 13.1 Å². The molecule has 144 valence electrons. The Morgan fingerprint density at radius 1 is 1.19 bits per heavy atom. The molecule has 0 aromatic carbocycles. The lowest BCUT2D eigenvalue weighted by Gasteiger charge is -2.28. The summed E-state index contributed by atoms with van der Waals surface area (Å²) in [5.41, 5.74) is 0.377. The number of aliphatic carboxylic acids is 1. The second-order valence-electron chi connectivity index (χ2n) is 6.85. The highest BCUT2D eigenvalue weighted by Crippen LogP contribution is 2.20. The summed E-state index contributed by atoms with van der Waals surface area (Å²) in [6.45, 7) is 3.61. The van der Waals surface area contributed by atoms with Gasteiger partial charge in [0, 0.05) is 19.5 Å². The molecule has 0 spiro atoms. The lowest BCUT2D eigenvalue weighted by atomic mass is 10.2.